The molecule has 7 heteroatoms. The number of carboxylic acids is 1. The van der Waals surface area contributed by atoms with E-state index in [9.17, 15) is 9.59 Å². The van der Waals surface area contributed by atoms with E-state index < -0.39 is 18.3 Å². The van der Waals surface area contributed by atoms with Gasteiger partial charge in [0.25, 0.3) is 5.91 Å². The van der Waals surface area contributed by atoms with E-state index in [0.717, 1.165) is 0 Å². The van der Waals surface area contributed by atoms with Crippen LogP contribution in [0.4, 0.5) is 5.82 Å². The lowest BCUT2D eigenvalue weighted by Crippen LogP contribution is -2.16. The first-order valence-corrected chi connectivity index (χ1v) is 5.45. The highest BCUT2D eigenvalue weighted by atomic mass is 16.4. The molecular weight excluding hydrogens is 248 g/mol. The number of primary amides is 1. The minimum absolute atomic E-state index is 0.0370. The Morgan fingerprint density at radius 2 is 1.89 bits per heavy atom. The van der Waals surface area contributed by atoms with Gasteiger partial charge in [-0.05, 0) is 12.1 Å². The van der Waals surface area contributed by atoms with E-state index in [1.54, 1.807) is 24.3 Å². The molecule has 2 aromatic rings. The van der Waals surface area contributed by atoms with Gasteiger partial charge in [0, 0.05) is 0 Å². The van der Waals surface area contributed by atoms with Crippen molar-refractivity contribution in [2.75, 3.05) is 5.73 Å². The van der Waals surface area contributed by atoms with Crippen LogP contribution < -0.4 is 11.5 Å². The predicted octanol–water partition coefficient (Wildman–Crippen LogP) is 0.180. The molecule has 7 nitrogen and oxygen atoms in total. The number of carbonyl (C=O) groups excluding carboxylic acids is 1. The number of rotatable bonds is 4. The number of carboxylic acid groups (broad SMARTS) is 1. The van der Waals surface area contributed by atoms with E-state index in [1.807, 2.05) is 6.07 Å². The lowest BCUT2D eigenvalue weighted by atomic mass is 10.1. The number of anilines is 1. The van der Waals surface area contributed by atoms with Crippen LogP contribution >= 0.6 is 0 Å². The summed E-state index contributed by atoms with van der Waals surface area (Å²) < 4.78 is 1.30. The van der Waals surface area contributed by atoms with Gasteiger partial charge in [0.2, 0.25) is 0 Å². The highest BCUT2D eigenvalue weighted by Crippen LogP contribution is 2.21. The molecule has 1 aromatic heterocycles. The molecular formula is C12H12N4O3. The third-order valence-electron chi connectivity index (χ3n) is 2.56. The maximum Gasteiger partial charge on any atom is 0.309 e. The van der Waals surface area contributed by atoms with Crippen LogP contribution in [0, 0.1) is 0 Å². The fraction of sp³-hybridized carbons (Fsp3) is 0.0833. The van der Waals surface area contributed by atoms with Crippen LogP contribution in [0.2, 0.25) is 0 Å². The zero-order valence-electron chi connectivity index (χ0n) is 9.91. The van der Waals surface area contributed by atoms with Gasteiger partial charge in [-0.15, -0.1) is 0 Å². The number of hydrogen-bond acceptors (Lipinski definition) is 4. The molecule has 0 bridgehead atoms. The standard InChI is InChI=1S/C12H12N4O3/c13-11-10(12(14)19)8(6-9(17)18)15-16(11)7-4-2-1-3-5-7/h1-5H,6,13H2,(H2,14,19)(H,17,18). The Kier molecular flexibility index (Phi) is 3.19. The summed E-state index contributed by atoms with van der Waals surface area (Å²) in [5, 5.41) is 12.9. The molecule has 0 fully saturated rings. The first kappa shape index (κ1) is 12.6. The van der Waals surface area contributed by atoms with Crippen molar-refractivity contribution in [3.05, 3.63) is 41.6 Å². The number of benzene rings is 1. The quantitative estimate of drug-likeness (QED) is 0.723. The second-order valence-corrected chi connectivity index (χ2v) is 3.89. The summed E-state index contributed by atoms with van der Waals surface area (Å²) in [6.07, 6.45) is -0.414. The maximum absolute atomic E-state index is 11.4. The Hall–Kier alpha value is -2.83. The third-order valence-corrected chi connectivity index (χ3v) is 2.56. The Morgan fingerprint density at radius 1 is 1.26 bits per heavy atom. The molecule has 0 aliphatic heterocycles. The first-order valence-electron chi connectivity index (χ1n) is 5.45. The van der Waals surface area contributed by atoms with Crippen molar-refractivity contribution in [1.82, 2.24) is 9.78 Å². The van der Waals surface area contributed by atoms with Crippen molar-refractivity contribution in [3.63, 3.8) is 0 Å². The molecule has 0 spiro atoms. The van der Waals surface area contributed by atoms with Gasteiger partial charge in [-0.2, -0.15) is 5.10 Å². The third kappa shape index (κ3) is 2.39. The van der Waals surface area contributed by atoms with Gasteiger partial charge in [0.05, 0.1) is 17.8 Å². The van der Waals surface area contributed by atoms with E-state index in [0.29, 0.717) is 5.69 Å². The summed E-state index contributed by atoms with van der Waals surface area (Å²) in [5.74, 6) is -1.87. The van der Waals surface area contributed by atoms with Crippen molar-refractivity contribution in [3.8, 4) is 5.69 Å². The topological polar surface area (TPSA) is 124 Å². The minimum atomic E-state index is -1.11. The number of nitrogens with zero attached hydrogens (tertiary/aromatic N) is 2. The first-order chi connectivity index (χ1) is 9.00. The van der Waals surface area contributed by atoms with E-state index in [2.05, 4.69) is 5.10 Å². The molecule has 0 aliphatic carbocycles. The average molecular weight is 260 g/mol. The van der Waals surface area contributed by atoms with Crippen molar-refractivity contribution in [2.45, 2.75) is 6.42 Å². The van der Waals surface area contributed by atoms with Crippen molar-refractivity contribution in [2.24, 2.45) is 5.73 Å². The number of hydrogen-bond donors (Lipinski definition) is 3. The second-order valence-electron chi connectivity index (χ2n) is 3.89. The van der Waals surface area contributed by atoms with Crippen LogP contribution in [0.5, 0.6) is 0 Å². The summed E-state index contributed by atoms with van der Waals surface area (Å²) >= 11 is 0. The molecule has 5 N–H and O–H groups in total. The summed E-state index contributed by atoms with van der Waals surface area (Å²) in [6, 6.07) is 8.84. The second kappa shape index (κ2) is 4.81. The van der Waals surface area contributed by atoms with Gasteiger partial charge in [-0.25, -0.2) is 4.68 Å². The number of aromatic nitrogens is 2. The minimum Gasteiger partial charge on any atom is -0.481 e. The fourth-order valence-electron chi connectivity index (χ4n) is 1.78. The number of nitrogen functional groups attached to an aromatic ring is 1. The number of nitrogens with two attached hydrogens (primary N) is 2. The SMILES string of the molecule is NC(=O)c1c(CC(=O)O)nn(-c2ccccc2)c1N. The van der Waals surface area contributed by atoms with Crippen LogP contribution in [0.25, 0.3) is 5.69 Å². The van der Waals surface area contributed by atoms with Crippen molar-refractivity contribution >= 4 is 17.7 Å². The molecule has 1 heterocycles. The maximum atomic E-state index is 11.4. The van der Waals surface area contributed by atoms with Crippen LogP contribution in [0.1, 0.15) is 16.1 Å². The largest absolute Gasteiger partial charge is 0.481 e. The van der Waals surface area contributed by atoms with E-state index >= 15 is 0 Å². The lowest BCUT2D eigenvalue weighted by molar-refractivity contribution is -0.136. The molecule has 98 valence electrons. The molecule has 0 atom stereocenters. The predicted molar refractivity (Wildman–Crippen MR) is 67.8 cm³/mol. The molecule has 2 rings (SSSR count). The zero-order chi connectivity index (χ0) is 14.0. The van der Waals surface area contributed by atoms with E-state index in [-0.39, 0.29) is 17.1 Å². The molecule has 1 amide bonds. The number of aliphatic carboxylic acids is 1. The van der Waals surface area contributed by atoms with Crippen LogP contribution in [-0.4, -0.2) is 26.8 Å². The Morgan fingerprint density at radius 3 is 2.42 bits per heavy atom. The lowest BCUT2D eigenvalue weighted by Gasteiger charge is -2.03. The summed E-state index contributed by atoms with van der Waals surface area (Å²) in [4.78, 5) is 22.1. The summed E-state index contributed by atoms with van der Waals surface area (Å²) in [5.41, 5.74) is 11.7. The summed E-state index contributed by atoms with van der Waals surface area (Å²) in [6.45, 7) is 0. The van der Waals surface area contributed by atoms with E-state index in [4.69, 9.17) is 16.6 Å². The molecule has 0 radical (unpaired) electrons. The van der Waals surface area contributed by atoms with Gasteiger partial charge in [0.15, 0.2) is 0 Å². The van der Waals surface area contributed by atoms with Gasteiger partial charge in [-0.1, -0.05) is 18.2 Å². The molecule has 0 aliphatic rings. The van der Waals surface area contributed by atoms with Crippen LogP contribution in [0.15, 0.2) is 30.3 Å². The van der Waals surface area contributed by atoms with Crippen molar-refractivity contribution < 1.29 is 14.7 Å². The highest BCUT2D eigenvalue weighted by Gasteiger charge is 2.22. The molecule has 19 heavy (non-hydrogen) atoms. The zero-order valence-corrected chi connectivity index (χ0v) is 9.91. The van der Waals surface area contributed by atoms with Crippen LogP contribution in [-0.2, 0) is 11.2 Å². The fourth-order valence-corrected chi connectivity index (χ4v) is 1.78. The van der Waals surface area contributed by atoms with Crippen molar-refractivity contribution in [1.29, 1.82) is 0 Å². The average Bonchev–Trinajstić information content (AvgIpc) is 2.66. The molecule has 0 saturated heterocycles. The van der Waals surface area contributed by atoms with E-state index in [1.165, 1.54) is 4.68 Å². The summed E-state index contributed by atoms with van der Waals surface area (Å²) in [7, 11) is 0. The van der Waals surface area contributed by atoms with Gasteiger partial charge >= 0.3 is 5.97 Å². The normalized spacial score (nSPS) is 10.3. The molecule has 0 saturated carbocycles. The van der Waals surface area contributed by atoms with Gasteiger partial charge in [0.1, 0.15) is 11.4 Å². The number of amides is 1. The number of carbonyl (C=O) groups is 2. The molecule has 0 unspecified atom stereocenters. The smallest absolute Gasteiger partial charge is 0.309 e. The molecule has 1 aromatic carbocycles. The monoisotopic (exact) mass is 260 g/mol. The van der Waals surface area contributed by atoms with Gasteiger partial charge in [-0.3, -0.25) is 9.59 Å². The Bertz CT molecular complexity index is 634. The number of para-hydroxylation sites is 1. The Balaban J connectivity index is 2.58. The highest BCUT2D eigenvalue weighted by molar-refractivity contribution is 5.99. The van der Waals surface area contributed by atoms with Gasteiger partial charge < -0.3 is 16.6 Å². The Labute approximate surface area is 108 Å². The van der Waals surface area contributed by atoms with Crippen LogP contribution in [0.3, 0.4) is 0 Å².